The fraction of sp³-hybridized carbons (Fsp3) is 0.700. The molecule has 2 heterocycles. The van der Waals surface area contributed by atoms with Crippen LogP contribution in [0.1, 0.15) is 31.5 Å². The lowest BCUT2D eigenvalue weighted by Gasteiger charge is -2.22. The first-order valence-electron chi connectivity index (χ1n) is 5.11. The van der Waals surface area contributed by atoms with Gasteiger partial charge in [-0.15, -0.1) is 0 Å². The van der Waals surface area contributed by atoms with E-state index in [1.54, 1.807) is 0 Å². The van der Waals surface area contributed by atoms with E-state index >= 15 is 0 Å². The minimum atomic E-state index is 0.579. The second kappa shape index (κ2) is 4.45. The van der Waals surface area contributed by atoms with Gasteiger partial charge in [0.2, 0.25) is 0 Å². The molecular formula is C10H15BrN2O. The molecule has 0 aromatic carbocycles. The third-order valence-corrected chi connectivity index (χ3v) is 3.37. The van der Waals surface area contributed by atoms with Gasteiger partial charge in [0.15, 0.2) is 0 Å². The van der Waals surface area contributed by atoms with Crippen LogP contribution in [-0.2, 0) is 11.3 Å². The molecular weight excluding hydrogens is 244 g/mol. The minimum Gasteiger partial charge on any atom is -0.381 e. The van der Waals surface area contributed by atoms with Crippen molar-refractivity contribution in [3.05, 3.63) is 16.6 Å². The molecule has 1 saturated heterocycles. The van der Waals surface area contributed by atoms with Crippen LogP contribution < -0.4 is 0 Å². The normalized spacial score (nSPS) is 18.7. The molecule has 0 atom stereocenters. The van der Waals surface area contributed by atoms with Gasteiger partial charge in [-0.2, -0.15) is 0 Å². The van der Waals surface area contributed by atoms with Gasteiger partial charge in [0.05, 0.1) is 6.20 Å². The monoisotopic (exact) mass is 258 g/mol. The lowest BCUT2D eigenvalue weighted by Crippen LogP contribution is -2.18. The van der Waals surface area contributed by atoms with Gasteiger partial charge in [0.25, 0.3) is 0 Å². The third-order valence-electron chi connectivity index (χ3n) is 2.74. The first-order chi connectivity index (χ1) is 6.83. The second-order valence-electron chi connectivity index (χ2n) is 3.57. The van der Waals surface area contributed by atoms with E-state index in [2.05, 4.69) is 32.4 Å². The zero-order valence-electron chi connectivity index (χ0n) is 8.37. The van der Waals surface area contributed by atoms with Crippen LogP contribution in [0.3, 0.4) is 0 Å². The van der Waals surface area contributed by atoms with Crippen molar-refractivity contribution < 1.29 is 4.74 Å². The van der Waals surface area contributed by atoms with Crippen molar-refractivity contribution in [3.63, 3.8) is 0 Å². The van der Waals surface area contributed by atoms with Crippen LogP contribution in [0.15, 0.2) is 10.8 Å². The van der Waals surface area contributed by atoms with Gasteiger partial charge >= 0.3 is 0 Å². The van der Waals surface area contributed by atoms with Crippen LogP contribution in [-0.4, -0.2) is 22.8 Å². The molecule has 2 rings (SSSR count). The highest BCUT2D eigenvalue weighted by molar-refractivity contribution is 9.10. The van der Waals surface area contributed by atoms with E-state index in [0.717, 1.165) is 37.2 Å². The molecule has 1 aromatic rings. The lowest BCUT2D eigenvalue weighted by molar-refractivity contribution is 0.0828. The number of imidazole rings is 1. The van der Waals surface area contributed by atoms with E-state index in [-0.39, 0.29) is 0 Å². The van der Waals surface area contributed by atoms with E-state index < -0.39 is 0 Å². The van der Waals surface area contributed by atoms with Crippen LogP contribution in [0.5, 0.6) is 0 Å². The summed E-state index contributed by atoms with van der Waals surface area (Å²) in [7, 11) is 0. The van der Waals surface area contributed by atoms with Crippen molar-refractivity contribution >= 4 is 15.9 Å². The zero-order chi connectivity index (χ0) is 9.97. The summed E-state index contributed by atoms with van der Waals surface area (Å²) in [6.45, 7) is 4.88. The Balaban J connectivity index is 2.21. The largest absolute Gasteiger partial charge is 0.381 e. The number of aromatic nitrogens is 2. The lowest BCUT2D eigenvalue weighted by atomic mass is 9.99. The molecule has 3 nitrogen and oxygen atoms in total. The molecule has 78 valence electrons. The third kappa shape index (κ3) is 1.86. The maximum absolute atomic E-state index is 5.35. The molecule has 1 aliphatic rings. The predicted octanol–water partition coefficient (Wildman–Crippen LogP) is 2.56. The number of nitrogens with zero attached hydrogens (tertiary/aromatic N) is 2. The highest BCUT2D eigenvalue weighted by Crippen LogP contribution is 2.27. The predicted molar refractivity (Wildman–Crippen MR) is 58.4 cm³/mol. The van der Waals surface area contributed by atoms with Gasteiger partial charge in [0, 0.05) is 25.7 Å². The van der Waals surface area contributed by atoms with Crippen molar-refractivity contribution in [2.24, 2.45) is 0 Å². The van der Waals surface area contributed by atoms with Crippen molar-refractivity contribution in [3.8, 4) is 0 Å². The first kappa shape index (κ1) is 10.2. The maximum atomic E-state index is 5.35. The summed E-state index contributed by atoms with van der Waals surface area (Å²) in [6, 6.07) is 0. The van der Waals surface area contributed by atoms with Gasteiger partial charge in [-0.05, 0) is 35.7 Å². The topological polar surface area (TPSA) is 27.1 Å². The molecule has 1 aromatic heterocycles. The number of halogens is 1. The quantitative estimate of drug-likeness (QED) is 0.816. The Labute approximate surface area is 92.6 Å². The van der Waals surface area contributed by atoms with Gasteiger partial charge in [0.1, 0.15) is 10.4 Å². The van der Waals surface area contributed by atoms with E-state index in [9.17, 15) is 0 Å². The smallest absolute Gasteiger partial charge is 0.112 e. The second-order valence-corrected chi connectivity index (χ2v) is 4.38. The van der Waals surface area contributed by atoms with Gasteiger partial charge < -0.3 is 9.30 Å². The average molecular weight is 259 g/mol. The molecule has 0 spiro atoms. The van der Waals surface area contributed by atoms with E-state index in [0.29, 0.717) is 5.92 Å². The van der Waals surface area contributed by atoms with Crippen molar-refractivity contribution in [2.75, 3.05) is 13.2 Å². The van der Waals surface area contributed by atoms with Crippen LogP contribution in [0.4, 0.5) is 0 Å². The van der Waals surface area contributed by atoms with Gasteiger partial charge in [-0.1, -0.05) is 0 Å². The standard InChI is InChI=1S/C10H15BrN2O/c1-2-13-9(11)7-12-10(13)8-3-5-14-6-4-8/h7-8H,2-6H2,1H3. The highest BCUT2D eigenvalue weighted by atomic mass is 79.9. The van der Waals surface area contributed by atoms with Crippen LogP contribution >= 0.6 is 15.9 Å². The van der Waals surface area contributed by atoms with Crippen molar-refractivity contribution in [1.82, 2.24) is 9.55 Å². The molecule has 0 bridgehead atoms. The molecule has 0 N–H and O–H groups in total. The molecule has 14 heavy (non-hydrogen) atoms. The number of hydrogen-bond donors (Lipinski definition) is 0. The molecule has 1 fully saturated rings. The fourth-order valence-corrected chi connectivity index (χ4v) is 2.50. The minimum absolute atomic E-state index is 0.579. The van der Waals surface area contributed by atoms with E-state index in [4.69, 9.17) is 4.74 Å². The van der Waals surface area contributed by atoms with Crippen molar-refractivity contribution in [1.29, 1.82) is 0 Å². The van der Waals surface area contributed by atoms with Crippen LogP contribution in [0, 0.1) is 0 Å². The Morgan fingerprint density at radius 3 is 2.93 bits per heavy atom. The zero-order valence-corrected chi connectivity index (χ0v) is 9.96. The highest BCUT2D eigenvalue weighted by Gasteiger charge is 2.21. The molecule has 0 aliphatic carbocycles. The molecule has 0 radical (unpaired) electrons. The van der Waals surface area contributed by atoms with E-state index in [1.165, 1.54) is 5.82 Å². The summed E-state index contributed by atoms with van der Waals surface area (Å²) in [5.41, 5.74) is 0. The van der Waals surface area contributed by atoms with Gasteiger partial charge in [-0.3, -0.25) is 0 Å². The van der Waals surface area contributed by atoms with Crippen LogP contribution in [0.2, 0.25) is 0 Å². The summed E-state index contributed by atoms with van der Waals surface area (Å²) < 4.78 is 8.67. The molecule has 1 aliphatic heterocycles. The Kier molecular flexibility index (Phi) is 3.23. The maximum Gasteiger partial charge on any atom is 0.112 e. The van der Waals surface area contributed by atoms with E-state index in [1.807, 2.05) is 6.20 Å². The van der Waals surface area contributed by atoms with Gasteiger partial charge in [-0.25, -0.2) is 4.98 Å². The fourth-order valence-electron chi connectivity index (χ4n) is 1.96. The Hall–Kier alpha value is -0.350. The summed E-state index contributed by atoms with van der Waals surface area (Å²) in [6.07, 6.45) is 4.10. The SMILES string of the molecule is CCn1c(Br)cnc1C1CCOCC1. The summed E-state index contributed by atoms with van der Waals surface area (Å²) in [5, 5.41) is 0. The average Bonchev–Trinajstić information content (AvgIpc) is 2.61. The summed E-state index contributed by atoms with van der Waals surface area (Å²) >= 11 is 3.51. The molecule has 0 saturated carbocycles. The summed E-state index contributed by atoms with van der Waals surface area (Å²) in [4.78, 5) is 4.47. The number of rotatable bonds is 2. The Morgan fingerprint density at radius 1 is 1.57 bits per heavy atom. The Bertz CT molecular complexity index is 305. The number of hydrogen-bond acceptors (Lipinski definition) is 2. The molecule has 0 amide bonds. The first-order valence-corrected chi connectivity index (χ1v) is 5.91. The Morgan fingerprint density at radius 2 is 2.29 bits per heavy atom. The van der Waals surface area contributed by atoms with Crippen molar-refractivity contribution in [2.45, 2.75) is 32.2 Å². The summed E-state index contributed by atoms with van der Waals surface area (Å²) in [5.74, 6) is 1.79. The molecule has 0 unspecified atom stereocenters. The molecule has 4 heteroatoms. The van der Waals surface area contributed by atoms with Crippen LogP contribution in [0.25, 0.3) is 0 Å². The number of ether oxygens (including phenoxy) is 1.